The second-order valence-electron chi connectivity index (χ2n) is 5.24. The number of anilines is 2. The molecule has 1 N–H and O–H groups in total. The number of alkyl halides is 3. The van der Waals surface area contributed by atoms with E-state index in [1.54, 1.807) is 6.20 Å². The van der Waals surface area contributed by atoms with Gasteiger partial charge < -0.3 is 15.0 Å². The van der Waals surface area contributed by atoms with Crippen molar-refractivity contribution in [2.75, 3.05) is 36.5 Å². The number of morpholine rings is 1. The summed E-state index contributed by atoms with van der Waals surface area (Å²) in [6.45, 7) is 3.23. The summed E-state index contributed by atoms with van der Waals surface area (Å²) in [6.07, 6.45) is -1.72. The predicted octanol–water partition coefficient (Wildman–Crippen LogP) is 2.34. The molecule has 0 saturated carbocycles. The van der Waals surface area contributed by atoms with Crippen molar-refractivity contribution in [3.05, 3.63) is 41.9 Å². The van der Waals surface area contributed by atoms with Crippen molar-refractivity contribution < 1.29 is 17.9 Å². The molecule has 9 heteroatoms. The van der Waals surface area contributed by atoms with Crippen LogP contribution in [0.3, 0.4) is 0 Å². The SMILES string of the molecule is FC(F)(F)c1ccnc(NCc2ccc(N3CCOCC3)nc2)n1. The smallest absolute Gasteiger partial charge is 0.378 e. The number of rotatable bonds is 4. The fourth-order valence-corrected chi connectivity index (χ4v) is 2.28. The van der Waals surface area contributed by atoms with Gasteiger partial charge in [-0.05, 0) is 17.7 Å². The molecule has 0 aliphatic carbocycles. The molecule has 3 rings (SSSR count). The molecule has 2 aromatic rings. The lowest BCUT2D eigenvalue weighted by Crippen LogP contribution is -2.36. The lowest BCUT2D eigenvalue weighted by Gasteiger charge is -2.27. The van der Waals surface area contributed by atoms with Crippen molar-refractivity contribution in [3.8, 4) is 0 Å². The van der Waals surface area contributed by atoms with Crippen LogP contribution in [0.1, 0.15) is 11.3 Å². The highest BCUT2D eigenvalue weighted by atomic mass is 19.4. The average molecular weight is 339 g/mol. The van der Waals surface area contributed by atoms with E-state index in [0.717, 1.165) is 36.7 Å². The second-order valence-corrected chi connectivity index (χ2v) is 5.24. The number of halogens is 3. The van der Waals surface area contributed by atoms with Gasteiger partial charge in [-0.25, -0.2) is 15.0 Å². The molecular formula is C15H16F3N5O. The first-order chi connectivity index (χ1) is 11.5. The lowest BCUT2D eigenvalue weighted by molar-refractivity contribution is -0.141. The molecule has 2 aromatic heterocycles. The van der Waals surface area contributed by atoms with E-state index in [1.807, 2.05) is 12.1 Å². The minimum absolute atomic E-state index is 0.0675. The maximum Gasteiger partial charge on any atom is 0.433 e. The Balaban J connectivity index is 1.60. The quantitative estimate of drug-likeness (QED) is 0.922. The highest BCUT2D eigenvalue weighted by Crippen LogP contribution is 2.27. The molecule has 0 aromatic carbocycles. The van der Waals surface area contributed by atoms with Crippen LogP contribution in [0.2, 0.25) is 0 Å². The van der Waals surface area contributed by atoms with E-state index in [0.29, 0.717) is 13.2 Å². The summed E-state index contributed by atoms with van der Waals surface area (Å²) in [7, 11) is 0. The third-order valence-electron chi connectivity index (χ3n) is 3.54. The Bertz CT molecular complexity index is 672. The van der Waals surface area contributed by atoms with Crippen LogP contribution in [-0.4, -0.2) is 41.3 Å². The van der Waals surface area contributed by atoms with Gasteiger partial charge in [0.15, 0.2) is 0 Å². The van der Waals surface area contributed by atoms with Gasteiger partial charge in [-0.1, -0.05) is 6.07 Å². The molecule has 0 unspecified atom stereocenters. The van der Waals surface area contributed by atoms with Gasteiger partial charge in [0.25, 0.3) is 0 Å². The van der Waals surface area contributed by atoms with Crippen LogP contribution in [0.5, 0.6) is 0 Å². The molecule has 1 aliphatic rings. The lowest BCUT2D eigenvalue weighted by atomic mass is 10.2. The molecule has 0 atom stereocenters. The maximum atomic E-state index is 12.6. The molecule has 1 saturated heterocycles. The summed E-state index contributed by atoms with van der Waals surface area (Å²) < 4.78 is 43.1. The summed E-state index contributed by atoms with van der Waals surface area (Å²) in [5.74, 6) is 0.791. The van der Waals surface area contributed by atoms with Gasteiger partial charge in [0.1, 0.15) is 11.5 Å². The van der Waals surface area contributed by atoms with Crippen molar-refractivity contribution in [2.45, 2.75) is 12.7 Å². The van der Waals surface area contributed by atoms with E-state index in [4.69, 9.17) is 4.74 Å². The van der Waals surface area contributed by atoms with E-state index < -0.39 is 11.9 Å². The summed E-state index contributed by atoms with van der Waals surface area (Å²) in [4.78, 5) is 13.8. The third kappa shape index (κ3) is 4.10. The van der Waals surface area contributed by atoms with Crippen molar-refractivity contribution in [2.24, 2.45) is 0 Å². The first-order valence-electron chi connectivity index (χ1n) is 7.44. The van der Waals surface area contributed by atoms with Crippen molar-refractivity contribution in [3.63, 3.8) is 0 Å². The number of pyridine rings is 1. The van der Waals surface area contributed by atoms with Crippen LogP contribution in [0.25, 0.3) is 0 Å². The number of ether oxygens (including phenoxy) is 1. The Morgan fingerprint density at radius 2 is 1.92 bits per heavy atom. The zero-order valence-electron chi connectivity index (χ0n) is 12.8. The van der Waals surface area contributed by atoms with Crippen molar-refractivity contribution in [1.29, 1.82) is 0 Å². The van der Waals surface area contributed by atoms with E-state index in [1.165, 1.54) is 0 Å². The highest BCUT2D eigenvalue weighted by molar-refractivity contribution is 5.40. The summed E-state index contributed by atoms with van der Waals surface area (Å²) >= 11 is 0. The minimum atomic E-state index is -4.49. The standard InChI is InChI=1S/C15H16F3N5O/c16-15(17,18)12-3-4-19-14(22-12)21-10-11-1-2-13(20-9-11)23-5-7-24-8-6-23/h1-4,9H,5-8,10H2,(H,19,21,22). The van der Waals surface area contributed by atoms with Crippen LogP contribution in [-0.2, 0) is 17.5 Å². The Kier molecular flexibility index (Phi) is 4.79. The Morgan fingerprint density at radius 3 is 2.58 bits per heavy atom. The van der Waals surface area contributed by atoms with Crippen LogP contribution in [0, 0.1) is 0 Å². The average Bonchev–Trinajstić information content (AvgIpc) is 2.61. The highest BCUT2D eigenvalue weighted by Gasteiger charge is 2.32. The van der Waals surface area contributed by atoms with Gasteiger partial charge in [-0.2, -0.15) is 13.2 Å². The summed E-state index contributed by atoms with van der Waals surface area (Å²) in [5.41, 5.74) is -0.145. The van der Waals surface area contributed by atoms with Crippen LogP contribution < -0.4 is 10.2 Å². The molecule has 0 bridgehead atoms. The predicted molar refractivity (Wildman–Crippen MR) is 81.6 cm³/mol. The summed E-state index contributed by atoms with van der Waals surface area (Å²) in [6, 6.07) is 4.59. The number of aromatic nitrogens is 3. The third-order valence-corrected chi connectivity index (χ3v) is 3.54. The summed E-state index contributed by atoms with van der Waals surface area (Å²) in [5, 5.41) is 2.78. The molecule has 0 amide bonds. The minimum Gasteiger partial charge on any atom is -0.378 e. The van der Waals surface area contributed by atoms with Crippen molar-refractivity contribution >= 4 is 11.8 Å². The number of hydrogen-bond acceptors (Lipinski definition) is 6. The largest absolute Gasteiger partial charge is 0.433 e. The fourth-order valence-electron chi connectivity index (χ4n) is 2.28. The number of nitrogens with one attached hydrogen (secondary N) is 1. The molecule has 3 heterocycles. The van der Waals surface area contributed by atoms with Gasteiger partial charge in [-0.15, -0.1) is 0 Å². The Morgan fingerprint density at radius 1 is 1.12 bits per heavy atom. The first-order valence-corrected chi connectivity index (χ1v) is 7.44. The molecule has 0 radical (unpaired) electrons. The Labute approximate surface area is 136 Å². The molecule has 1 aliphatic heterocycles. The normalized spacial score (nSPS) is 15.4. The number of nitrogens with zero attached hydrogens (tertiary/aromatic N) is 4. The molecule has 0 spiro atoms. The van der Waals surface area contributed by atoms with Gasteiger partial charge in [0.05, 0.1) is 13.2 Å². The zero-order valence-corrected chi connectivity index (χ0v) is 12.8. The van der Waals surface area contributed by atoms with Crippen LogP contribution in [0.15, 0.2) is 30.6 Å². The molecule has 6 nitrogen and oxygen atoms in total. The van der Waals surface area contributed by atoms with E-state index in [9.17, 15) is 13.2 Å². The molecule has 24 heavy (non-hydrogen) atoms. The molecular weight excluding hydrogens is 323 g/mol. The maximum absolute atomic E-state index is 12.6. The van der Waals surface area contributed by atoms with Gasteiger partial charge >= 0.3 is 6.18 Å². The fraction of sp³-hybridized carbons (Fsp3) is 0.400. The van der Waals surface area contributed by atoms with Gasteiger partial charge in [0, 0.05) is 32.0 Å². The van der Waals surface area contributed by atoms with E-state index in [2.05, 4.69) is 25.2 Å². The Hall–Kier alpha value is -2.42. The topological polar surface area (TPSA) is 63.2 Å². The van der Waals surface area contributed by atoms with Crippen molar-refractivity contribution in [1.82, 2.24) is 15.0 Å². The zero-order chi connectivity index (χ0) is 17.0. The van der Waals surface area contributed by atoms with Gasteiger partial charge in [0.2, 0.25) is 5.95 Å². The van der Waals surface area contributed by atoms with Crippen LogP contribution >= 0.6 is 0 Å². The monoisotopic (exact) mass is 339 g/mol. The number of hydrogen-bond donors (Lipinski definition) is 1. The molecule has 128 valence electrons. The molecule has 1 fully saturated rings. The first kappa shape index (κ1) is 16.4. The second kappa shape index (κ2) is 7.00. The van der Waals surface area contributed by atoms with E-state index in [-0.39, 0.29) is 12.5 Å². The van der Waals surface area contributed by atoms with Gasteiger partial charge in [-0.3, -0.25) is 0 Å². The van der Waals surface area contributed by atoms with E-state index >= 15 is 0 Å². The van der Waals surface area contributed by atoms with Crippen LogP contribution in [0.4, 0.5) is 24.9 Å².